The van der Waals surface area contributed by atoms with E-state index in [0.29, 0.717) is 0 Å². The van der Waals surface area contributed by atoms with Crippen molar-refractivity contribution in [3.05, 3.63) is 33.1 Å². The van der Waals surface area contributed by atoms with Crippen LogP contribution >= 0.6 is 20.7 Å². The topological polar surface area (TPSA) is 198 Å². The Hall–Kier alpha value is -0.140. The molecule has 0 bridgehead atoms. The molecule has 18 heteroatoms. The summed E-state index contributed by atoms with van der Waals surface area (Å²) in [5.41, 5.74) is -2.92. The summed E-state index contributed by atoms with van der Waals surface area (Å²) in [5.74, 6) is -0.580. The molecule has 1 aromatic heterocycles. The average molecular weight is 610 g/mol. The van der Waals surface area contributed by atoms with E-state index in [4.69, 9.17) is 36.0 Å². The molecule has 2 aliphatic rings. The van der Waals surface area contributed by atoms with E-state index < -0.39 is 73.7 Å². The Bertz CT molecular complexity index is 1180. The van der Waals surface area contributed by atoms with Crippen molar-refractivity contribution in [3.63, 3.8) is 0 Å². The summed E-state index contributed by atoms with van der Waals surface area (Å²) in [6.07, 6.45) is -2.54. The first kappa shape index (κ1) is 32.1. The van der Waals surface area contributed by atoms with Crippen molar-refractivity contribution in [1.82, 2.24) is 9.55 Å². The largest absolute Gasteiger partial charge is 0.689 e. The summed E-state index contributed by atoms with van der Waals surface area (Å²) in [6.45, 7) is 0.236. The SMILES string of the molecule is CC(C)P(O)(O)=S.COC1C(OP(=O)([S-])C(C)C)C(C2CC2P(=O)(O)O)OC1n1ccc(=O)[nH]c1=O. The number of nitrogens with zero attached hydrogens (tertiary/aromatic N) is 1. The first-order valence-corrected chi connectivity index (χ1v) is 18.1. The van der Waals surface area contributed by atoms with Crippen LogP contribution in [0, 0.1) is 5.92 Å². The Labute approximate surface area is 218 Å². The molecule has 208 valence electrons. The van der Waals surface area contributed by atoms with E-state index >= 15 is 0 Å². The number of ether oxygens (including phenoxy) is 2. The summed E-state index contributed by atoms with van der Waals surface area (Å²) >= 11 is 9.45. The van der Waals surface area contributed by atoms with E-state index in [-0.39, 0.29) is 12.1 Å². The third-order valence-electron chi connectivity index (χ3n) is 5.86. The third-order valence-corrected chi connectivity index (χ3v) is 13.2. The Kier molecular flexibility index (Phi) is 10.6. The average Bonchev–Trinajstić information content (AvgIpc) is 3.45. The highest BCUT2D eigenvalue weighted by Crippen LogP contribution is 2.63. The molecule has 0 aromatic carbocycles. The minimum Gasteiger partial charge on any atom is -0.689 e. The predicted octanol–water partition coefficient (Wildman–Crippen LogP) is 1.24. The molecular weight excluding hydrogens is 577 g/mol. The highest BCUT2D eigenvalue weighted by atomic mass is 32.7. The molecule has 2 heterocycles. The zero-order valence-electron chi connectivity index (χ0n) is 20.2. The molecule has 0 radical (unpaired) electrons. The molecule has 1 aliphatic carbocycles. The van der Waals surface area contributed by atoms with Gasteiger partial charge in [0, 0.05) is 36.6 Å². The van der Waals surface area contributed by atoms with Crippen LogP contribution in [0.2, 0.25) is 0 Å². The summed E-state index contributed by atoms with van der Waals surface area (Å²) < 4.78 is 42.6. The van der Waals surface area contributed by atoms with Gasteiger partial charge in [0.05, 0.1) is 18.3 Å². The predicted molar refractivity (Wildman–Crippen MR) is 139 cm³/mol. The maximum absolute atomic E-state index is 12.8. The first-order valence-electron chi connectivity index (χ1n) is 10.9. The number of aromatic amines is 1. The van der Waals surface area contributed by atoms with E-state index in [1.165, 1.54) is 13.3 Å². The Morgan fingerprint density at radius 3 is 2.08 bits per heavy atom. The van der Waals surface area contributed by atoms with Gasteiger partial charge in [-0.15, -0.1) is 0 Å². The standard InChI is InChI=1S/C15H24N2O9P2S.C3H9O2PS/c1-7(2)28(23,29)26-12-11(8-6-9(8)27(20,21)22)25-14(13(12)24-3)17-5-4-10(18)16-15(17)19;1-3(2)6(4,5)7/h4-5,7-9,11-14H,6H2,1-3H3,(H,23,29)(H,16,18,19)(H2,20,21,22);3H,1-2H3,(H2,4,5,7)/p-1. The van der Waals surface area contributed by atoms with Gasteiger partial charge in [0.1, 0.15) is 12.2 Å². The summed E-state index contributed by atoms with van der Waals surface area (Å²) in [7, 11) is -3.01. The van der Waals surface area contributed by atoms with Crippen LogP contribution in [0.5, 0.6) is 0 Å². The van der Waals surface area contributed by atoms with Crippen molar-refractivity contribution in [1.29, 1.82) is 0 Å². The summed E-state index contributed by atoms with van der Waals surface area (Å²) in [4.78, 5) is 61.8. The fraction of sp³-hybridized carbons (Fsp3) is 0.778. The van der Waals surface area contributed by atoms with Gasteiger partial charge in [-0.25, -0.2) is 4.79 Å². The number of hydrogen-bond donors (Lipinski definition) is 5. The molecule has 7 atom stereocenters. The van der Waals surface area contributed by atoms with Gasteiger partial charge >= 0.3 is 13.3 Å². The lowest BCUT2D eigenvalue weighted by Crippen LogP contribution is -2.39. The minimum atomic E-state index is -4.36. The van der Waals surface area contributed by atoms with Crippen molar-refractivity contribution in [2.24, 2.45) is 5.92 Å². The van der Waals surface area contributed by atoms with Gasteiger partial charge in [-0.3, -0.25) is 18.9 Å². The third kappa shape index (κ3) is 7.94. The van der Waals surface area contributed by atoms with Crippen molar-refractivity contribution in [2.45, 2.75) is 75.6 Å². The summed E-state index contributed by atoms with van der Waals surface area (Å²) in [5, 5.41) is 0. The van der Waals surface area contributed by atoms with Crippen molar-refractivity contribution in [3.8, 4) is 0 Å². The van der Waals surface area contributed by atoms with E-state index in [1.54, 1.807) is 27.7 Å². The van der Waals surface area contributed by atoms with Gasteiger partial charge in [0.2, 0.25) is 0 Å². The normalized spacial score (nSPS) is 30.1. The minimum absolute atomic E-state index is 0.164. The molecule has 0 spiro atoms. The molecule has 1 aromatic rings. The van der Waals surface area contributed by atoms with Gasteiger partial charge in [-0.2, -0.15) is 0 Å². The van der Waals surface area contributed by atoms with Crippen molar-refractivity contribution < 1.29 is 42.7 Å². The second-order valence-electron chi connectivity index (χ2n) is 9.15. The number of H-pyrrole nitrogens is 1. The molecule has 36 heavy (non-hydrogen) atoms. The Balaban J connectivity index is 0.000000572. The smallest absolute Gasteiger partial charge is 0.330 e. The molecule has 2 fully saturated rings. The fourth-order valence-electron chi connectivity index (χ4n) is 3.46. The van der Waals surface area contributed by atoms with Crippen LogP contribution in [0.25, 0.3) is 0 Å². The maximum Gasteiger partial charge on any atom is 0.330 e. The van der Waals surface area contributed by atoms with Gasteiger partial charge in [0.25, 0.3) is 5.56 Å². The Morgan fingerprint density at radius 2 is 1.69 bits per heavy atom. The molecule has 7 unspecified atom stereocenters. The quantitative estimate of drug-likeness (QED) is 0.209. The van der Waals surface area contributed by atoms with Crippen LogP contribution in [0.1, 0.15) is 40.3 Å². The zero-order valence-corrected chi connectivity index (χ0v) is 24.5. The Morgan fingerprint density at radius 1 is 1.14 bits per heavy atom. The zero-order chi connectivity index (χ0) is 27.8. The highest BCUT2D eigenvalue weighted by molar-refractivity contribution is 8.34. The molecule has 1 saturated carbocycles. The molecule has 3 rings (SSSR count). The maximum atomic E-state index is 12.8. The summed E-state index contributed by atoms with van der Waals surface area (Å²) in [6, 6.07) is 1.13. The van der Waals surface area contributed by atoms with Crippen molar-refractivity contribution in [2.75, 3.05) is 7.11 Å². The van der Waals surface area contributed by atoms with Crippen molar-refractivity contribution >= 4 is 44.7 Å². The number of rotatable bonds is 8. The lowest BCUT2D eigenvalue weighted by Gasteiger charge is -2.34. The fourth-order valence-corrected chi connectivity index (χ4v) is 5.77. The molecular formula is C18H32N2O11P3S2-. The molecule has 5 N–H and O–H groups in total. The van der Waals surface area contributed by atoms with Crippen LogP contribution in [0.4, 0.5) is 0 Å². The van der Waals surface area contributed by atoms with Gasteiger partial charge < -0.3 is 50.4 Å². The second kappa shape index (κ2) is 11.9. The molecule has 0 amide bonds. The number of methoxy groups -OCH3 is 1. The van der Waals surface area contributed by atoms with Crippen LogP contribution in [-0.2, 0) is 47.2 Å². The second-order valence-corrected chi connectivity index (χ2v) is 18.7. The number of hydrogen-bond acceptors (Lipinski definition) is 9. The van der Waals surface area contributed by atoms with Crippen LogP contribution in [-0.4, -0.2) is 71.5 Å². The van der Waals surface area contributed by atoms with E-state index in [0.717, 1.165) is 10.6 Å². The van der Waals surface area contributed by atoms with Crippen LogP contribution < -0.4 is 11.2 Å². The molecule has 1 aliphatic heterocycles. The van der Waals surface area contributed by atoms with Gasteiger partial charge in [-0.05, 0) is 18.2 Å². The lowest BCUT2D eigenvalue weighted by atomic mass is 10.1. The van der Waals surface area contributed by atoms with E-state index in [2.05, 4.69) is 16.8 Å². The number of nitrogens with one attached hydrogen (secondary N) is 1. The van der Waals surface area contributed by atoms with Crippen LogP contribution in [0.3, 0.4) is 0 Å². The first-order chi connectivity index (χ1) is 16.3. The van der Waals surface area contributed by atoms with Crippen LogP contribution in [0.15, 0.2) is 21.9 Å². The van der Waals surface area contributed by atoms with E-state index in [1.807, 2.05) is 0 Å². The van der Waals surface area contributed by atoms with Gasteiger partial charge in [0.15, 0.2) is 12.7 Å². The molecule has 13 nitrogen and oxygen atoms in total. The van der Waals surface area contributed by atoms with Gasteiger partial charge in [-0.1, -0.05) is 27.7 Å². The monoisotopic (exact) mass is 609 g/mol. The highest BCUT2D eigenvalue weighted by Gasteiger charge is 2.61. The van der Waals surface area contributed by atoms with E-state index in [9.17, 15) is 28.5 Å². The number of aromatic nitrogens is 2. The molecule has 1 saturated heterocycles. The lowest BCUT2D eigenvalue weighted by molar-refractivity contribution is -0.0570.